The summed E-state index contributed by atoms with van der Waals surface area (Å²) in [7, 11) is 0. The predicted molar refractivity (Wildman–Crippen MR) is 92.5 cm³/mol. The highest BCUT2D eigenvalue weighted by atomic mass is 16.5. The van der Waals surface area contributed by atoms with E-state index in [1.165, 1.54) is 6.20 Å². The summed E-state index contributed by atoms with van der Waals surface area (Å²) in [6.07, 6.45) is 5.93. The SMILES string of the molecule is Cc1cnc(C(=O)NC2CCc3onc(CN4CC[C@@H](O)C4)c3C2)cn1. The number of carbonyl (C=O) groups is 1. The molecule has 2 aliphatic rings. The summed E-state index contributed by atoms with van der Waals surface area (Å²) < 4.78 is 5.50. The Hall–Kier alpha value is -2.32. The molecule has 26 heavy (non-hydrogen) atoms. The number of carbonyl (C=O) groups excluding carboxylic acids is 1. The minimum Gasteiger partial charge on any atom is -0.392 e. The van der Waals surface area contributed by atoms with E-state index in [-0.39, 0.29) is 18.1 Å². The standard InChI is InChI=1S/C18H23N5O3/c1-11-7-20-15(8-19-11)18(25)21-12-2-3-17-14(6-12)16(22-26-17)10-23-5-4-13(24)9-23/h7-8,12-13,24H,2-6,9-10H2,1H3,(H,21,25)/t12?,13-/m1/s1. The summed E-state index contributed by atoms with van der Waals surface area (Å²) in [6, 6.07) is 0.0282. The number of amides is 1. The predicted octanol–water partition coefficient (Wildman–Crippen LogP) is 0.627. The molecule has 1 fully saturated rings. The van der Waals surface area contributed by atoms with Crippen molar-refractivity contribution in [2.75, 3.05) is 13.1 Å². The van der Waals surface area contributed by atoms with Crippen LogP contribution in [-0.4, -0.2) is 56.3 Å². The summed E-state index contributed by atoms with van der Waals surface area (Å²) >= 11 is 0. The number of aryl methyl sites for hydroxylation is 2. The van der Waals surface area contributed by atoms with Gasteiger partial charge in [0, 0.05) is 43.9 Å². The largest absolute Gasteiger partial charge is 0.392 e. The molecule has 0 bridgehead atoms. The van der Waals surface area contributed by atoms with E-state index in [1.54, 1.807) is 6.20 Å². The molecule has 2 atom stereocenters. The lowest BCUT2D eigenvalue weighted by Gasteiger charge is -2.23. The van der Waals surface area contributed by atoms with Gasteiger partial charge in [0.05, 0.1) is 18.0 Å². The molecule has 1 aliphatic heterocycles. The molecule has 8 nitrogen and oxygen atoms in total. The highest BCUT2D eigenvalue weighted by Crippen LogP contribution is 2.26. The summed E-state index contributed by atoms with van der Waals surface area (Å²) in [5, 5.41) is 17.0. The Kier molecular flexibility index (Phi) is 4.69. The molecule has 0 spiro atoms. The number of aliphatic hydroxyl groups excluding tert-OH is 1. The van der Waals surface area contributed by atoms with Gasteiger partial charge in [-0.3, -0.25) is 14.7 Å². The van der Waals surface area contributed by atoms with E-state index >= 15 is 0 Å². The number of hydrogen-bond acceptors (Lipinski definition) is 7. The maximum absolute atomic E-state index is 12.4. The molecule has 1 unspecified atom stereocenters. The fourth-order valence-corrected chi connectivity index (χ4v) is 3.65. The molecule has 8 heteroatoms. The van der Waals surface area contributed by atoms with E-state index in [2.05, 4.69) is 25.3 Å². The number of nitrogens with zero attached hydrogens (tertiary/aromatic N) is 4. The second-order valence-electron chi connectivity index (χ2n) is 7.16. The molecule has 0 radical (unpaired) electrons. The zero-order chi connectivity index (χ0) is 18.1. The van der Waals surface area contributed by atoms with Crippen LogP contribution in [0.15, 0.2) is 16.9 Å². The Morgan fingerprint density at radius 1 is 1.38 bits per heavy atom. The van der Waals surface area contributed by atoms with Gasteiger partial charge in [0.15, 0.2) is 0 Å². The fraction of sp³-hybridized carbons (Fsp3) is 0.556. The molecule has 1 saturated heterocycles. The van der Waals surface area contributed by atoms with Crippen molar-refractivity contribution < 1.29 is 14.4 Å². The van der Waals surface area contributed by atoms with Crippen molar-refractivity contribution >= 4 is 5.91 Å². The molecule has 4 rings (SSSR count). The highest BCUT2D eigenvalue weighted by molar-refractivity contribution is 5.92. The Bertz CT molecular complexity index is 789. The second kappa shape index (κ2) is 7.13. The van der Waals surface area contributed by atoms with Crippen LogP contribution in [0.3, 0.4) is 0 Å². The van der Waals surface area contributed by atoms with Gasteiger partial charge in [-0.2, -0.15) is 0 Å². The van der Waals surface area contributed by atoms with Crippen molar-refractivity contribution in [3.05, 3.63) is 40.8 Å². The Labute approximate surface area is 151 Å². The lowest BCUT2D eigenvalue weighted by Crippen LogP contribution is -2.39. The van der Waals surface area contributed by atoms with Crippen LogP contribution < -0.4 is 5.32 Å². The van der Waals surface area contributed by atoms with Gasteiger partial charge in [0.1, 0.15) is 17.1 Å². The fourth-order valence-electron chi connectivity index (χ4n) is 3.65. The summed E-state index contributed by atoms with van der Waals surface area (Å²) in [4.78, 5) is 22.8. The molecule has 1 amide bonds. The van der Waals surface area contributed by atoms with Crippen LogP contribution in [0.25, 0.3) is 0 Å². The van der Waals surface area contributed by atoms with Crippen LogP contribution in [0.2, 0.25) is 0 Å². The summed E-state index contributed by atoms with van der Waals surface area (Å²) in [5.41, 5.74) is 3.13. The smallest absolute Gasteiger partial charge is 0.271 e. The third-order valence-electron chi connectivity index (χ3n) is 5.09. The Balaban J connectivity index is 1.41. The third-order valence-corrected chi connectivity index (χ3v) is 5.09. The van der Waals surface area contributed by atoms with Crippen molar-refractivity contribution in [3.8, 4) is 0 Å². The highest BCUT2D eigenvalue weighted by Gasteiger charge is 2.29. The average molecular weight is 357 g/mol. The average Bonchev–Trinajstić information content (AvgIpc) is 3.22. The van der Waals surface area contributed by atoms with Crippen molar-refractivity contribution in [2.45, 2.75) is 51.3 Å². The normalized spacial score (nSPS) is 23.0. The molecule has 2 aromatic heterocycles. The number of hydrogen-bond donors (Lipinski definition) is 2. The van der Waals surface area contributed by atoms with E-state index in [9.17, 15) is 9.90 Å². The van der Waals surface area contributed by atoms with Crippen molar-refractivity contribution in [3.63, 3.8) is 0 Å². The Morgan fingerprint density at radius 2 is 2.27 bits per heavy atom. The van der Waals surface area contributed by atoms with E-state index in [0.717, 1.165) is 48.5 Å². The molecule has 0 aromatic carbocycles. The minimum atomic E-state index is -0.250. The zero-order valence-corrected chi connectivity index (χ0v) is 14.8. The molecule has 1 aliphatic carbocycles. The first-order chi connectivity index (χ1) is 12.6. The van der Waals surface area contributed by atoms with Gasteiger partial charge in [0.25, 0.3) is 5.91 Å². The number of nitrogens with one attached hydrogen (secondary N) is 1. The third kappa shape index (κ3) is 3.61. The monoisotopic (exact) mass is 357 g/mol. The number of likely N-dealkylation sites (tertiary alicyclic amines) is 1. The van der Waals surface area contributed by atoms with Gasteiger partial charge in [0.2, 0.25) is 0 Å². The first kappa shape index (κ1) is 17.1. The maximum atomic E-state index is 12.4. The summed E-state index contributed by atoms with van der Waals surface area (Å²) in [5.74, 6) is 0.715. The number of aliphatic hydroxyl groups is 1. The van der Waals surface area contributed by atoms with Crippen molar-refractivity contribution in [1.29, 1.82) is 0 Å². The van der Waals surface area contributed by atoms with Gasteiger partial charge in [-0.1, -0.05) is 5.16 Å². The summed E-state index contributed by atoms with van der Waals surface area (Å²) in [6.45, 7) is 4.06. The van der Waals surface area contributed by atoms with Crippen LogP contribution in [0.4, 0.5) is 0 Å². The van der Waals surface area contributed by atoms with Gasteiger partial charge < -0.3 is 14.9 Å². The molecule has 0 saturated carbocycles. The lowest BCUT2D eigenvalue weighted by molar-refractivity contribution is 0.0927. The zero-order valence-electron chi connectivity index (χ0n) is 14.8. The molecular formula is C18H23N5O3. The van der Waals surface area contributed by atoms with Crippen LogP contribution in [0, 0.1) is 6.92 Å². The van der Waals surface area contributed by atoms with E-state index in [0.29, 0.717) is 25.2 Å². The number of fused-ring (bicyclic) bond motifs is 1. The van der Waals surface area contributed by atoms with Crippen LogP contribution >= 0.6 is 0 Å². The second-order valence-corrected chi connectivity index (χ2v) is 7.16. The Morgan fingerprint density at radius 3 is 3.00 bits per heavy atom. The van der Waals surface area contributed by atoms with Gasteiger partial charge in [-0.05, 0) is 26.2 Å². The van der Waals surface area contributed by atoms with E-state index in [4.69, 9.17) is 4.52 Å². The van der Waals surface area contributed by atoms with Crippen LogP contribution in [0.5, 0.6) is 0 Å². The van der Waals surface area contributed by atoms with Gasteiger partial charge >= 0.3 is 0 Å². The van der Waals surface area contributed by atoms with Crippen molar-refractivity contribution in [2.24, 2.45) is 0 Å². The van der Waals surface area contributed by atoms with Gasteiger partial charge in [-0.15, -0.1) is 0 Å². The first-order valence-corrected chi connectivity index (χ1v) is 9.04. The van der Waals surface area contributed by atoms with Gasteiger partial charge in [-0.25, -0.2) is 4.98 Å². The van der Waals surface area contributed by atoms with Crippen molar-refractivity contribution in [1.82, 2.24) is 25.3 Å². The lowest BCUT2D eigenvalue weighted by atomic mass is 9.92. The maximum Gasteiger partial charge on any atom is 0.271 e. The molecule has 3 heterocycles. The number of aromatic nitrogens is 3. The van der Waals surface area contributed by atoms with Crippen LogP contribution in [0.1, 0.15) is 46.0 Å². The number of β-amino-alcohol motifs (C(OH)–C–C–N with tert-alkyl or cyclic N) is 1. The van der Waals surface area contributed by atoms with Crippen LogP contribution in [-0.2, 0) is 19.4 Å². The topological polar surface area (TPSA) is 104 Å². The first-order valence-electron chi connectivity index (χ1n) is 9.04. The molecule has 138 valence electrons. The molecular weight excluding hydrogens is 334 g/mol. The molecule has 2 aromatic rings. The minimum absolute atomic E-state index is 0.0282. The molecule has 2 N–H and O–H groups in total. The van der Waals surface area contributed by atoms with E-state index in [1.807, 2.05) is 6.92 Å². The number of rotatable bonds is 4. The van der Waals surface area contributed by atoms with E-state index < -0.39 is 0 Å². The quantitative estimate of drug-likeness (QED) is 0.827.